The van der Waals surface area contributed by atoms with Gasteiger partial charge in [-0.2, -0.15) is 0 Å². The summed E-state index contributed by atoms with van der Waals surface area (Å²) >= 11 is 12.6. The van der Waals surface area contributed by atoms with E-state index in [1.165, 1.54) is 48.0 Å². The lowest BCUT2D eigenvalue weighted by Crippen LogP contribution is -2.34. The van der Waals surface area contributed by atoms with Gasteiger partial charge in [-0.15, -0.1) is 0 Å². The van der Waals surface area contributed by atoms with Crippen LogP contribution in [0.2, 0.25) is 10.0 Å². The summed E-state index contributed by atoms with van der Waals surface area (Å²) in [6.07, 6.45) is 4.71. The number of nitrogens with zero attached hydrogens (tertiary/aromatic N) is 3. The number of ether oxygens (including phenoxy) is 1. The van der Waals surface area contributed by atoms with Crippen LogP contribution in [0.3, 0.4) is 0 Å². The number of fused-ring (bicyclic) bond motifs is 1. The van der Waals surface area contributed by atoms with Crippen LogP contribution in [0, 0.1) is 5.92 Å². The fourth-order valence-corrected chi connectivity index (χ4v) is 7.08. The molecule has 1 aliphatic heterocycles. The molecule has 2 fully saturated rings. The Balaban J connectivity index is 1.14. The Morgan fingerprint density at radius 2 is 1.49 bits per heavy atom. The average molecular weight is 639 g/mol. The molecule has 230 valence electrons. The monoisotopic (exact) mass is 637 g/mol. The normalized spacial score (nSPS) is 16.0. The van der Waals surface area contributed by atoms with Crippen molar-refractivity contribution < 1.29 is 9.53 Å². The molecule has 0 radical (unpaired) electrons. The first-order valence-electron chi connectivity index (χ1n) is 15.9. The highest BCUT2D eigenvalue weighted by molar-refractivity contribution is 6.30. The number of aromatic nitrogens is 2. The first-order valence-corrected chi connectivity index (χ1v) is 16.6. The van der Waals surface area contributed by atoms with Crippen LogP contribution in [0.25, 0.3) is 11.0 Å². The van der Waals surface area contributed by atoms with E-state index in [2.05, 4.69) is 58.0 Å². The van der Waals surface area contributed by atoms with Crippen molar-refractivity contribution in [3.05, 3.63) is 135 Å². The summed E-state index contributed by atoms with van der Waals surface area (Å²) in [6.45, 7) is 3.92. The van der Waals surface area contributed by atoms with Crippen molar-refractivity contribution in [1.29, 1.82) is 0 Å². The predicted octanol–water partition coefficient (Wildman–Crippen LogP) is 9.10. The Morgan fingerprint density at radius 1 is 0.844 bits per heavy atom. The number of methoxy groups -OCH3 is 1. The number of hydrogen-bond donors (Lipinski definition) is 0. The van der Waals surface area contributed by atoms with Crippen molar-refractivity contribution in [3.8, 4) is 0 Å². The molecule has 1 saturated carbocycles. The average Bonchev–Trinajstić information content (AvgIpc) is 3.85. The lowest BCUT2D eigenvalue weighted by Gasteiger charge is -2.32. The fraction of sp³-hybridized carbons (Fsp3) is 0.316. The third-order valence-electron chi connectivity index (χ3n) is 9.39. The second-order valence-corrected chi connectivity index (χ2v) is 13.4. The maximum atomic E-state index is 12.0. The van der Waals surface area contributed by atoms with Crippen molar-refractivity contribution in [2.24, 2.45) is 5.92 Å². The Labute approximate surface area is 274 Å². The lowest BCUT2D eigenvalue weighted by atomic mass is 9.85. The van der Waals surface area contributed by atoms with Crippen LogP contribution in [-0.4, -0.2) is 40.6 Å². The SMILES string of the molecule is COC(=O)c1cccc(CN2CCC(Cn3c(C4CC4)nc4ccc(C(c5ccc(Cl)cc5)c5ccc(Cl)cc5)cc43)CC2)c1. The topological polar surface area (TPSA) is 47.4 Å². The van der Waals surface area contributed by atoms with Crippen molar-refractivity contribution in [3.63, 3.8) is 0 Å². The van der Waals surface area contributed by atoms with Gasteiger partial charge in [0.1, 0.15) is 5.82 Å². The van der Waals surface area contributed by atoms with Gasteiger partial charge in [-0.25, -0.2) is 9.78 Å². The van der Waals surface area contributed by atoms with Crippen LogP contribution >= 0.6 is 23.2 Å². The molecule has 7 heteroatoms. The number of rotatable bonds is 9. The summed E-state index contributed by atoms with van der Waals surface area (Å²) in [5.41, 5.74) is 7.69. The van der Waals surface area contributed by atoms with Crippen molar-refractivity contribution >= 4 is 40.2 Å². The number of likely N-dealkylation sites (tertiary alicyclic amines) is 1. The molecule has 0 atom stereocenters. The molecule has 45 heavy (non-hydrogen) atoms. The molecular weight excluding hydrogens is 601 g/mol. The number of imidazole rings is 1. The molecule has 1 aliphatic carbocycles. The first kappa shape index (κ1) is 30.0. The molecular formula is C38H37Cl2N3O2. The predicted molar refractivity (Wildman–Crippen MR) is 181 cm³/mol. The Bertz CT molecular complexity index is 1760. The maximum absolute atomic E-state index is 12.0. The van der Waals surface area contributed by atoms with Gasteiger partial charge >= 0.3 is 5.97 Å². The largest absolute Gasteiger partial charge is 0.465 e. The Morgan fingerprint density at radius 3 is 2.11 bits per heavy atom. The van der Waals surface area contributed by atoms with Gasteiger partial charge in [0, 0.05) is 35.0 Å². The molecule has 1 aromatic heterocycles. The second-order valence-electron chi connectivity index (χ2n) is 12.6. The minimum atomic E-state index is -0.287. The van der Waals surface area contributed by atoms with Crippen LogP contribution in [0.4, 0.5) is 0 Å². The molecule has 0 N–H and O–H groups in total. The molecule has 0 amide bonds. The van der Waals surface area contributed by atoms with E-state index in [1.54, 1.807) is 0 Å². The smallest absolute Gasteiger partial charge is 0.337 e. The third kappa shape index (κ3) is 6.67. The molecule has 7 rings (SSSR count). The number of hydrogen-bond acceptors (Lipinski definition) is 4. The summed E-state index contributed by atoms with van der Waals surface area (Å²) in [5.74, 6) is 2.16. The lowest BCUT2D eigenvalue weighted by molar-refractivity contribution is 0.0600. The highest BCUT2D eigenvalue weighted by atomic mass is 35.5. The zero-order valence-electron chi connectivity index (χ0n) is 25.5. The van der Waals surface area contributed by atoms with Gasteiger partial charge in [0.05, 0.1) is 23.7 Å². The van der Waals surface area contributed by atoms with E-state index in [0.29, 0.717) is 17.4 Å². The molecule has 2 heterocycles. The van der Waals surface area contributed by atoms with Crippen molar-refractivity contribution in [2.45, 2.75) is 50.6 Å². The maximum Gasteiger partial charge on any atom is 0.337 e. The fourth-order valence-electron chi connectivity index (χ4n) is 6.83. The summed E-state index contributed by atoms with van der Waals surface area (Å²) in [4.78, 5) is 19.7. The van der Waals surface area contributed by atoms with E-state index in [9.17, 15) is 4.79 Å². The zero-order valence-corrected chi connectivity index (χ0v) is 27.0. The number of carbonyl (C=O) groups excluding carboxylic acids is 1. The van der Waals surface area contributed by atoms with E-state index < -0.39 is 0 Å². The Hall–Kier alpha value is -3.64. The quantitative estimate of drug-likeness (QED) is 0.119. The van der Waals surface area contributed by atoms with Crippen LogP contribution in [0.5, 0.6) is 0 Å². The van der Waals surface area contributed by atoms with Gasteiger partial charge < -0.3 is 9.30 Å². The van der Waals surface area contributed by atoms with Crippen molar-refractivity contribution in [2.75, 3.05) is 20.2 Å². The summed E-state index contributed by atoms with van der Waals surface area (Å²) in [6, 6.07) is 31.0. The standard InChI is InChI=1S/C38H37Cl2N3O2/c1-45-38(44)31-4-2-3-26(21-31)23-42-19-17-25(18-20-42)24-43-35-22-30(11-16-34(35)41-37(43)29-5-6-29)36(27-7-12-32(39)13-8-27)28-9-14-33(40)15-10-28/h2-4,7-16,21-22,25,29,36H,5-6,17-20,23-24H2,1H3. The minimum absolute atomic E-state index is 0.0533. The van der Waals surface area contributed by atoms with Gasteiger partial charge in [-0.1, -0.05) is 65.7 Å². The number of esters is 1. The summed E-state index contributed by atoms with van der Waals surface area (Å²) in [5, 5.41) is 1.47. The van der Waals surface area contributed by atoms with Gasteiger partial charge in [0.2, 0.25) is 0 Å². The van der Waals surface area contributed by atoms with Crippen molar-refractivity contribution in [1.82, 2.24) is 14.5 Å². The van der Waals surface area contributed by atoms with E-state index >= 15 is 0 Å². The van der Waals surface area contributed by atoms with Gasteiger partial charge in [-0.05, 0) is 115 Å². The van der Waals surface area contributed by atoms with Gasteiger partial charge in [0.25, 0.3) is 0 Å². The second kappa shape index (κ2) is 13.0. The van der Waals surface area contributed by atoms with E-state index in [0.717, 1.165) is 60.1 Å². The van der Waals surface area contributed by atoms with Crippen LogP contribution in [0.1, 0.15) is 76.0 Å². The van der Waals surface area contributed by atoms with Gasteiger partial charge in [0.15, 0.2) is 0 Å². The number of carbonyl (C=O) groups is 1. The van der Waals surface area contributed by atoms with Crippen LogP contribution in [0.15, 0.2) is 91.0 Å². The minimum Gasteiger partial charge on any atom is -0.465 e. The number of benzene rings is 4. The molecule has 2 aliphatic rings. The molecule has 0 unspecified atom stereocenters. The molecule has 5 nitrogen and oxygen atoms in total. The number of halogens is 2. The van der Waals surface area contributed by atoms with E-state index in [4.69, 9.17) is 32.9 Å². The molecule has 5 aromatic rings. The highest BCUT2D eigenvalue weighted by Gasteiger charge is 2.31. The first-order chi connectivity index (χ1) is 21.9. The van der Waals surface area contributed by atoms with E-state index in [1.807, 2.05) is 42.5 Å². The van der Waals surface area contributed by atoms with Gasteiger partial charge in [-0.3, -0.25) is 4.90 Å². The summed E-state index contributed by atoms with van der Waals surface area (Å²) < 4.78 is 7.45. The molecule has 1 saturated heterocycles. The molecule has 0 bridgehead atoms. The van der Waals surface area contributed by atoms with E-state index in [-0.39, 0.29) is 11.9 Å². The highest BCUT2D eigenvalue weighted by Crippen LogP contribution is 2.42. The molecule has 4 aromatic carbocycles. The molecule has 0 spiro atoms. The summed E-state index contributed by atoms with van der Waals surface area (Å²) in [7, 11) is 1.43. The third-order valence-corrected chi connectivity index (χ3v) is 9.89. The zero-order chi connectivity index (χ0) is 30.9. The van der Waals surface area contributed by atoms with Crippen LogP contribution < -0.4 is 0 Å². The Kier molecular flexibility index (Phi) is 8.68. The number of piperidine rings is 1. The van der Waals surface area contributed by atoms with Crippen LogP contribution in [-0.2, 0) is 17.8 Å².